The topological polar surface area (TPSA) is 86.8 Å². The summed E-state index contributed by atoms with van der Waals surface area (Å²) in [6.45, 7) is 1.20. The Morgan fingerprint density at radius 2 is 1.71 bits per heavy atom. The number of rotatable bonds is 8. The van der Waals surface area contributed by atoms with Crippen molar-refractivity contribution in [3.63, 3.8) is 0 Å². The molecule has 1 unspecified atom stereocenters. The molecule has 11 heteroatoms. The van der Waals surface area contributed by atoms with Gasteiger partial charge in [-0.3, -0.25) is 13.9 Å². The molecule has 2 aromatic rings. The highest BCUT2D eigenvalue weighted by molar-refractivity contribution is 9.10. The van der Waals surface area contributed by atoms with Crippen molar-refractivity contribution in [1.82, 2.24) is 10.2 Å². The maximum Gasteiger partial charge on any atom is 0.244 e. The van der Waals surface area contributed by atoms with Gasteiger partial charge in [0.25, 0.3) is 0 Å². The van der Waals surface area contributed by atoms with E-state index in [-0.39, 0.29) is 28.2 Å². The molecular formula is C20H22BrCl2N3O4S. The third-order valence-corrected chi connectivity index (χ3v) is 6.96. The van der Waals surface area contributed by atoms with E-state index in [1.807, 2.05) is 24.3 Å². The summed E-state index contributed by atoms with van der Waals surface area (Å²) in [5.41, 5.74) is 0.981. The lowest BCUT2D eigenvalue weighted by atomic mass is 10.1. The van der Waals surface area contributed by atoms with Gasteiger partial charge in [-0.1, -0.05) is 51.3 Å². The number of sulfonamides is 1. The van der Waals surface area contributed by atoms with E-state index in [0.717, 1.165) is 20.6 Å². The third kappa shape index (κ3) is 6.83. The van der Waals surface area contributed by atoms with Gasteiger partial charge in [0.05, 0.1) is 22.0 Å². The Hall–Kier alpha value is -1.81. The van der Waals surface area contributed by atoms with Crippen molar-refractivity contribution in [2.45, 2.75) is 19.5 Å². The van der Waals surface area contributed by atoms with Gasteiger partial charge >= 0.3 is 0 Å². The number of hydrogen-bond acceptors (Lipinski definition) is 4. The smallest absolute Gasteiger partial charge is 0.244 e. The zero-order valence-corrected chi connectivity index (χ0v) is 21.0. The molecular weight excluding hydrogens is 529 g/mol. The van der Waals surface area contributed by atoms with E-state index in [0.29, 0.717) is 0 Å². The van der Waals surface area contributed by atoms with Crippen LogP contribution in [-0.4, -0.2) is 51.0 Å². The molecule has 0 radical (unpaired) electrons. The molecule has 1 atom stereocenters. The standard InChI is InChI=1S/C20H22BrCl2N3O4S/c1-13(20(28)24-2)25(11-14-4-6-15(21)7-5-14)19(27)12-26(31(3,29)30)16-8-9-17(22)18(23)10-16/h4-10,13H,11-12H2,1-3H3,(H,24,28). The Morgan fingerprint density at radius 1 is 1.10 bits per heavy atom. The minimum atomic E-state index is -3.83. The fourth-order valence-corrected chi connectivity index (χ4v) is 4.23. The van der Waals surface area contributed by atoms with Crippen molar-refractivity contribution in [3.05, 3.63) is 62.5 Å². The molecule has 0 aromatic heterocycles. The predicted octanol–water partition coefficient (Wildman–Crippen LogP) is 3.69. The van der Waals surface area contributed by atoms with Crippen LogP contribution in [0.4, 0.5) is 5.69 Å². The second kappa shape index (κ2) is 10.7. The van der Waals surface area contributed by atoms with E-state index in [1.165, 1.54) is 30.1 Å². The zero-order chi connectivity index (χ0) is 23.3. The normalized spacial score (nSPS) is 12.2. The van der Waals surface area contributed by atoms with Gasteiger partial charge in [-0.05, 0) is 42.8 Å². The number of amides is 2. The van der Waals surface area contributed by atoms with Crippen LogP contribution in [0.2, 0.25) is 10.0 Å². The molecule has 2 amide bonds. The molecule has 7 nitrogen and oxygen atoms in total. The molecule has 0 bridgehead atoms. The number of carbonyl (C=O) groups is 2. The molecule has 31 heavy (non-hydrogen) atoms. The largest absolute Gasteiger partial charge is 0.357 e. The van der Waals surface area contributed by atoms with Gasteiger partial charge in [0.15, 0.2) is 0 Å². The molecule has 0 heterocycles. The van der Waals surface area contributed by atoms with Gasteiger partial charge in [0.1, 0.15) is 12.6 Å². The SMILES string of the molecule is CNC(=O)C(C)N(Cc1ccc(Br)cc1)C(=O)CN(c1ccc(Cl)c(Cl)c1)S(C)(=O)=O. The van der Waals surface area contributed by atoms with E-state index >= 15 is 0 Å². The van der Waals surface area contributed by atoms with Crippen molar-refractivity contribution in [2.24, 2.45) is 0 Å². The molecule has 2 rings (SSSR count). The first-order chi connectivity index (χ1) is 14.4. The minimum absolute atomic E-state index is 0.125. The molecule has 168 valence electrons. The number of likely N-dealkylation sites (N-methyl/N-ethyl adjacent to an activating group) is 1. The van der Waals surface area contributed by atoms with Crippen LogP contribution >= 0.6 is 39.1 Å². The van der Waals surface area contributed by atoms with Crippen LogP contribution in [0, 0.1) is 0 Å². The van der Waals surface area contributed by atoms with E-state index < -0.39 is 28.5 Å². The summed E-state index contributed by atoms with van der Waals surface area (Å²) in [5.74, 6) is -0.915. The Balaban J connectivity index is 2.39. The molecule has 0 saturated heterocycles. The monoisotopic (exact) mass is 549 g/mol. The Kier molecular flexibility index (Phi) is 8.76. The highest BCUT2D eigenvalue weighted by Crippen LogP contribution is 2.28. The van der Waals surface area contributed by atoms with Gasteiger partial charge in [-0.15, -0.1) is 0 Å². The molecule has 1 N–H and O–H groups in total. The summed E-state index contributed by atoms with van der Waals surface area (Å²) in [4.78, 5) is 26.8. The summed E-state index contributed by atoms with van der Waals surface area (Å²) in [6, 6.07) is 10.7. The number of anilines is 1. The summed E-state index contributed by atoms with van der Waals surface area (Å²) < 4.78 is 26.7. The number of benzene rings is 2. The molecule has 0 saturated carbocycles. The second-order valence-electron chi connectivity index (χ2n) is 6.81. The highest BCUT2D eigenvalue weighted by atomic mass is 79.9. The Labute approximate surface area is 200 Å². The van der Waals surface area contributed by atoms with Gasteiger partial charge in [0, 0.05) is 18.1 Å². The first-order valence-electron chi connectivity index (χ1n) is 9.12. The van der Waals surface area contributed by atoms with Crippen LogP contribution in [0.5, 0.6) is 0 Å². The summed E-state index contributed by atoms with van der Waals surface area (Å²) >= 11 is 15.3. The summed E-state index contributed by atoms with van der Waals surface area (Å²) in [5, 5.41) is 2.94. The molecule has 2 aromatic carbocycles. The fourth-order valence-electron chi connectivity index (χ4n) is 2.83. The minimum Gasteiger partial charge on any atom is -0.357 e. The quantitative estimate of drug-likeness (QED) is 0.543. The molecule has 0 spiro atoms. The van der Waals surface area contributed by atoms with Gasteiger partial charge in [-0.2, -0.15) is 0 Å². The molecule has 0 fully saturated rings. The van der Waals surface area contributed by atoms with E-state index in [1.54, 1.807) is 6.92 Å². The third-order valence-electron chi connectivity index (χ3n) is 4.55. The highest BCUT2D eigenvalue weighted by Gasteiger charge is 2.29. The van der Waals surface area contributed by atoms with Crippen LogP contribution in [0.25, 0.3) is 0 Å². The number of hydrogen-bond donors (Lipinski definition) is 1. The average molecular weight is 551 g/mol. The van der Waals surface area contributed by atoms with Crippen LogP contribution < -0.4 is 9.62 Å². The van der Waals surface area contributed by atoms with Gasteiger partial charge in [-0.25, -0.2) is 8.42 Å². The van der Waals surface area contributed by atoms with E-state index in [2.05, 4.69) is 21.2 Å². The summed E-state index contributed by atoms with van der Waals surface area (Å²) in [6.07, 6.45) is 0.990. The van der Waals surface area contributed by atoms with Crippen LogP contribution in [-0.2, 0) is 26.2 Å². The zero-order valence-electron chi connectivity index (χ0n) is 17.1. The van der Waals surface area contributed by atoms with Crippen molar-refractivity contribution in [1.29, 1.82) is 0 Å². The van der Waals surface area contributed by atoms with Crippen LogP contribution in [0.3, 0.4) is 0 Å². The Bertz CT molecular complexity index is 1060. The van der Waals surface area contributed by atoms with E-state index in [4.69, 9.17) is 23.2 Å². The molecule has 0 aliphatic rings. The molecule has 0 aliphatic carbocycles. The van der Waals surface area contributed by atoms with Crippen molar-refractivity contribution < 1.29 is 18.0 Å². The van der Waals surface area contributed by atoms with Crippen molar-refractivity contribution in [3.8, 4) is 0 Å². The summed E-state index contributed by atoms with van der Waals surface area (Å²) in [7, 11) is -2.36. The average Bonchev–Trinajstić information content (AvgIpc) is 2.71. The number of halogens is 3. The van der Waals surface area contributed by atoms with E-state index in [9.17, 15) is 18.0 Å². The first kappa shape index (κ1) is 25.5. The van der Waals surface area contributed by atoms with Crippen molar-refractivity contribution in [2.75, 3.05) is 24.2 Å². The van der Waals surface area contributed by atoms with Crippen LogP contribution in [0.15, 0.2) is 46.9 Å². The predicted molar refractivity (Wildman–Crippen MR) is 127 cm³/mol. The number of carbonyl (C=O) groups excluding carboxylic acids is 2. The lowest BCUT2D eigenvalue weighted by Gasteiger charge is -2.31. The van der Waals surface area contributed by atoms with Crippen molar-refractivity contribution >= 4 is 66.7 Å². The fraction of sp³-hybridized carbons (Fsp3) is 0.300. The lowest BCUT2D eigenvalue weighted by Crippen LogP contribution is -2.50. The van der Waals surface area contributed by atoms with Gasteiger partial charge in [0.2, 0.25) is 21.8 Å². The van der Waals surface area contributed by atoms with Gasteiger partial charge < -0.3 is 10.2 Å². The lowest BCUT2D eigenvalue weighted by molar-refractivity contribution is -0.139. The number of nitrogens with one attached hydrogen (secondary N) is 1. The molecule has 0 aliphatic heterocycles. The Morgan fingerprint density at radius 3 is 2.23 bits per heavy atom. The first-order valence-corrected chi connectivity index (χ1v) is 12.5. The maximum absolute atomic E-state index is 13.2. The number of nitrogens with zero attached hydrogens (tertiary/aromatic N) is 2. The second-order valence-corrected chi connectivity index (χ2v) is 10.4. The van der Waals surface area contributed by atoms with Crippen LogP contribution in [0.1, 0.15) is 12.5 Å². The maximum atomic E-state index is 13.2.